The topological polar surface area (TPSA) is 69.7 Å². The van der Waals surface area contributed by atoms with E-state index in [0.29, 0.717) is 6.54 Å². The molecular formula is C17H22NO4-. The molecular weight excluding hydrogens is 282 g/mol. The van der Waals surface area contributed by atoms with Crippen LogP contribution in [0.15, 0.2) is 23.8 Å². The minimum atomic E-state index is -1.19. The van der Waals surface area contributed by atoms with Crippen molar-refractivity contribution in [2.45, 2.75) is 51.4 Å². The van der Waals surface area contributed by atoms with Crippen LogP contribution >= 0.6 is 0 Å². The lowest BCUT2D eigenvalue weighted by Gasteiger charge is -2.27. The number of rotatable bonds is 5. The molecule has 22 heavy (non-hydrogen) atoms. The van der Waals surface area contributed by atoms with Crippen molar-refractivity contribution in [1.82, 2.24) is 4.90 Å². The van der Waals surface area contributed by atoms with Gasteiger partial charge in [0.1, 0.15) is 5.60 Å². The second-order valence-corrected chi connectivity index (χ2v) is 6.89. The van der Waals surface area contributed by atoms with Crippen molar-refractivity contribution >= 4 is 11.9 Å². The van der Waals surface area contributed by atoms with E-state index in [9.17, 15) is 14.7 Å². The molecule has 1 amide bonds. The van der Waals surface area contributed by atoms with Gasteiger partial charge in [0, 0.05) is 17.9 Å². The van der Waals surface area contributed by atoms with Crippen molar-refractivity contribution in [3.8, 4) is 0 Å². The van der Waals surface area contributed by atoms with Crippen LogP contribution in [0.4, 0.5) is 0 Å². The van der Waals surface area contributed by atoms with Gasteiger partial charge in [-0.15, -0.1) is 0 Å². The molecule has 0 aromatic carbocycles. The third-order valence-electron chi connectivity index (χ3n) is 5.07. The molecule has 5 heteroatoms. The van der Waals surface area contributed by atoms with Gasteiger partial charge in [-0.1, -0.05) is 23.8 Å². The zero-order valence-electron chi connectivity index (χ0n) is 13.2. The molecule has 0 aromatic rings. The van der Waals surface area contributed by atoms with Gasteiger partial charge in [-0.05, 0) is 33.6 Å². The highest BCUT2D eigenvalue weighted by molar-refractivity contribution is 5.90. The van der Waals surface area contributed by atoms with Gasteiger partial charge in [-0.2, -0.15) is 0 Å². The van der Waals surface area contributed by atoms with Gasteiger partial charge in [0.15, 0.2) is 0 Å². The van der Waals surface area contributed by atoms with E-state index in [1.54, 1.807) is 11.0 Å². The molecule has 2 fully saturated rings. The van der Waals surface area contributed by atoms with Crippen LogP contribution in [0.5, 0.6) is 0 Å². The normalized spacial score (nSPS) is 36.6. The number of carboxylic acid groups (broad SMARTS) is 1. The van der Waals surface area contributed by atoms with Gasteiger partial charge in [-0.25, -0.2) is 0 Å². The Morgan fingerprint density at radius 3 is 2.95 bits per heavy atom. The fourth-order valence-corrected chi connectivity index (χ4v) is 3.94. The Balaban J connectivity index is 1.76. The summed E-state index contributed by atoms with van der Waals surface area (Å²) in [6, 6.07) is 0.0709. The van der Waals surface area contributed by atoms with Gasteiger partial charge >= 0.3 is 0 Å². The number of fused-ring (bicyclic) bond motifs is 1. The highest BCUT2D eigenvalue weighted by atomic mass is 16.5. The van der Waals surface area contributed by atoms with E-state index in [0.717, 1.165) is 12.8 Å². The Hall–Kier alpha value is -1.62. The molecule has 0 saturated carbocycles. The highest BCUT2D eigenvalue weighted by Crippen LogP contribution is 2.52. The second kappa shape index (κ2) is 5.23. The molecule has 3 aliphatic rings. The predicted molar refractivity (Wildman–Crippen MR) is 78.6 cm³/mol. The molecule has 0 radical (unpaired) electrons. The number of carboxylic acids is 1. The van der Waals surface area contributed by atoms with E-state index in [-0.39, 0.29) is 11.9 Å². The van der Waals surface area contributed by atoms with Gasteiger partial charge < -0.3 is 19.5 Å². The van der Waals surface area contributed by atoms with Crippen LogP contribution in [-0.4, -0.2) is 41.1 Å². The first-order valence-corrected chi connectivity index (χ1v) is 7.87. The minimum absolute atomic E-state index is 0.0709. The van der Waals surface area contributed by atoms with Crippen molar-refractivity contribution < 1.29 is 19.4 Å². The van der Waals surface area contributed by atoms with E-state index in [4.69, 9.17) is 4.74 Å². The zero-order valence-corrected chi connectivity index (χ0v) is 13.2. The molecule has 120 valence electrons. The summed E-state index contributed by atoms with van der Waals surface area (Å²) < 4.78 is 5.84. The maximum absolute atomic E-state index is 12.7. The molecule has 5 atom stereocenters. The molecule has 3 heterocycles. The number of carbonyl (C=O) groups is 2. The number of carbonyl (C=O) groups excluding carboxylic acids is 2. The Morgan fingerprint density at radius 2 is 2.32 bits per heavy atom. The first-order valence-electron chi connectivity index (χ1n) is 7.87. The average molecular weight is 304 g/mol. The zero-order chi connectivity index (χ0) is 16.1. The van der Waals surface area contributed by atoms with Crippen LogP contribution in [0.1, 0.15) is 33.6 Å². The van der Waals surface area contributed by atoms with Crippen molar-refractivity contribution in [3.05, 3.63) is 23.8 Å². The summed E-state index contributed by atoms with van der Waals surface area (Å²) >= 11 is 0. The van der Waals surface area contributed by atoms with Crippen molar-refractivity contribution in [3.63, 3.8) is 0 Å². The van der Waals surface area contributed by atoms with Crippen LogP contribution < -0.4 is 5.11 Å². The molecule has 0 aliphatic carbocycles. The molecule has 3 rings (SSSR count). The summed E-state index contributed by atoms with van der Waals surface area (Å²) in [5.41, 5.74) is 0.509. The predicted octanol–water partition coefficient (Wildman–Crippen LogP) is 0.653. The fraction of sp³-hybridized carbons (Fsp3) is 0.647. The Labute approximate surface area is 130 Å². The highest BCUT2D eigenvalue weighted by Gasteiger charge is 2.65. The monoisotopic (exact) mass is 304 g/mol. The lowest BCUT2D eigenvalue weighted by Crippen LogP contribution is -2.45. The Bertz CT molecular complexity index is 563. The molecule has 2 bridgehead atoms. The molecule has 1 spiro atoms. The lowest BCUT2D eigenvalue weighted by molar-refractivity contribution is -0.313. The first-order chi connectivity index (χ1) is 10.4. The molecule has 0 unspecified atom stereocenters. The fourth-order valence-electron chi connectivity index (χ4n) is 3.94. The van der Waals surface area contributed by atoms with E-state index >= 15 is 0 Å². The van der Waals surface area contributed by atoms with E-state index in [1.807, 2.05) is 13.0 Å². The lowest BCUT2D eigenvalue weighted by atomic mass is 9.77. The number of likely N-dealkylation sites (tertiary alicyclic amines) is 1. The minimum Gasteiger partial charge on any atom is -0.550 e. The molecule has 2 saturated heterocycles. The number of amides is 1. The second-order valence-electron chi connectivity index (χ2n) is 6.89. The molecule has 3 aliphatic heterocycles. The maximum atomic E-state index is 12.7. The summed E-state index contributed by atoms with van der Waals surface area (Å²) in [6.45, 7) is 6.56. The van der Waals surface area contributed by atoms with Crippen molar-refractivity contribution in [1.29, 1.82) is 0 Å². The number of allylic oxidation sites excluding steroid dienone is 2. The molecule has 0 N–H and O–H groups in total. The quantitative estimate of drug-likeness (QED) is 0.699. The van der Waals surface area contributed by atoms with Gasteiger partial charge in [-0.3, -0.25) is 4.79 Å². The molecule has 5 nitrogen and oxygen atoms in total. The largest absolute Gasteiger partial charge is 0.550 e. The summed E-state index contributed by atoms with van der Waals surface area (Å²) in [5.74, 6) is -2.77. The summed E-state index contributed by atoms with van der Waals surface area (Å²) in [4.78, 5) is 25.9. The Morgan fingerprint density at radius 1 is 1.59 bits per heavy atom. The van der Waals surface area contributed by atoms with Crippen LogP contribution in [0.2, 0.25) is 0 Å². The smallest absolute Gasteiger partial charge is 0.230 e. The van der Waals surface area contributed by atoms with Crippen LogP contribution in [0.3, 0.4) is 0 Å². The third-order valence-corrected chi connectivity index (χ3v) is 5.07. The van der Waals surface area contributed by atoms with Crippen molar-refractivity contribution in [2.75, 3.05) is 6.54 Å². The maximum Gasteiger partial charge on any atom is 0.230 e. The average Bonchev–Trinajstić information content (AvgIpc) is 3.06. The van der Waals surface area contributed by atoms with E-state index < -0.39 is 29.5 Å². The van der Waals surface area contributed by atoms with Crippen LogP contribution in [-0.2, 0) is 14.3 Å². The van der Waals surface area contributed by atoms with Gasteiger partial charge in [0.2, 0.25) is 5.91 Å². The number of ether oxygens (including phenoxy) is 1. The van der Waals surface area contributed by atoms with Crippen LogP contribution in [0.25, 0.3) is 0 Å². The van der Waals surface area contributed by atoms with Crippen LogP contribution in [0, 0.1) is 11.8 Å². The standard InChI is InChI=1S/C17H23NO4/c1-10(2)5-4-6-11(3)18-9-17-8-7-12(22-17)13(16(20)21)14(17)15(18)19/h5,7-8,11-14H,4,6,9H2,1-3H3,(H,20,21)/p-1/t11-,12-,13+,14+,17+/m0/s1. The number of hydrogen-bond acceptors (Lipinski definition) is 4. The van der Waals surface area contributed by atoms with Gasteiger partial charge in [0.05, 0.1) is 18.6 Å². The SMILES string of the molecule is CC(C)=CCC[C@H](C)N1C[C@@]23C=C[C@H](O2)[C@@H](C(=O)[O-])[C@@H]3C1=O. The van der Waals surface area contributed by atoms with E-state index in [1.165, 1.54) is 5.57 Å². The van der Waals surface area contributed by atoms with E-state index in [2.05, 4.69) is 19.9 Å². The molecule has 0 aromatic heterocycles. The number of aliphatic carboxylic acids is 1. The summed E-state index contributed by atoms with van der Waals surface area (Å²) in [5, 5.41) is 11.4. The first kappa shape index (κ1) is 15.3. The number of nitrogens with zero attached hydrogens (tertiary/aromatic N) is 1. The van der Waals surface area contributed by atoms with Crippen molar-refractivity contribution in [2.24, 2.45) is 11.8 Å². The Kier molecular flexibility index (Phi) is 3.63. The number of hydrogen-bond donors (Lipinski definition) is 0. The summed E-state index contributed by atoms with van der Waals surface area (Å²) in [7, 11) is 0. The summed E-state index contributed by atoms with van der Waals surface area (Å²) in [6.07, 6.45) is 7.06. The van der Waals surface area contributed by atoms with Gasteiger partial charge in [0.25, 0.3) is 0 Å². The third kappa shape index (κ3) is 2.19.